The molecule has 7 heteroatoms. The first-order valence-electron chi connectivity index (χ1n) is 6.62. The summed E-state index contributed by atoms with van der Waals surface area (Å²) in [5.74, 6) is 0.346. The number of phenols is 1. The third-order valence-electron chi connectivity index (χ3n) is 2.97. The smallest absolute Gasteiger partial charge is 0.244 e. The fraction of sp³-hybridized carbons (Fsp3) is 0.125. The average Bonchev–Trinajstić information content (AvgIpc) is 2.53. The zero-order valence-corrected chi connectivity index (χ0v) is 15.4. The molecule has 0 spiro atoms. The van der Waals surface area contributed by atoms with Gasteiger partial charge in [-0.15, -0.1) is 0 Å². The molecule has 1 amide bonds. The number of hydrazone groups is 1. The van der Waals surface area contributed by atoms with Crippen molar-refractivity contribution in [2.24, 2.45) is 5.10 Å². The van der Waals surface area contributed by atoms with Crippen molar-refractivity contribution in [2.45, 2.75) is 6.42 Å². The Labute approximate surface area is 150 Å². The summed E-state index contributed by atoms with van der Waals surface area (Å²) in [4.78, 5) is 11.8. The summed E-state index contributed by atoms with van der Waals surface area (Å²) in [5.41, 5.74) is 3.74. The molecular formula is C16H14Br2N2O3. The van der Waals surface area contributed by atoms with Crippen molar-refractivity contribution in [2.75, 3.05) is 7.11 Å². The molecular weight excluding hydrogens is 428 g/mol. The predicted molar refractivity (Wildman–Crippen MR) is 95.9 cm³/mol. The third kappa shape index (κ3) is 5.07. The number of carbonyl (C=O) groups excluding carboxylic acids is 1. The van der Waals surface area contributed by atoms with Gasteiger partial charge in [0.05, 0.1) is 24.2 Å². The van der Waals surface area contributed by atoms with Crippen molar-refractivity contribution in [1.29, 1.82) is 0 Å². The van der Waals surface area contributed by atoms with E-state index >= 15 is 0 Å². The van der Waals surface area contributed by atoms with E-state index in [1.54, 1.807) is 12.1 Å². The monoisotopic (exact) mass is 440 g/mol. The van der Waals surface area contributed by atoms with Crippen LogP contribution in [0.1, 0.15) is 11.1 Å². The fourth-order valence-electron chi connectivity index (χ4n) is 1.81. The van der Waals surface area contributed by atoms with Crippen LogP contribution < -0.4 is 10.2 Å². The number of aromatic hydroxyl groups is 1. The van der Waals surface area contributed by atoms with Gasteiger partial charge in [0.2, 0.25) is 5.91 Å². The maximum atomic E-state index is 11.8. The Morgan fingerprint density at radius 2 is 2.00 bits per heavy atom. The highest BCUT2D eigenvalue weighted by atomic mass is 79.9. The van der Waals surface area contributed by atoms with Crippen LogP contribution in [0.3, 0.4) is 0 Å². The average molecular weight is 442 g/mol. The number of halogens is 2. The normalized spacial score (nSPS) is 10.7. The van der Waals surface area contributed by atoms with Crippen molar-refractivity contribution in [3.05, 3.63) is 56.5 Å². The summed E-state index contributed by atoms with van der Waals surface area (Å²) < 4.78 is 6.56. The van der Waals surface area contributed by atoms with Crippen LogP contribution in [0.4, 0.5) is 0 Å². The number of methoxy groups -OCH3 is 1. The van der Waals surface area contributed by atoms with Gasteiger partial charge in [-0.2, -0.15) is 5.10 Å². The number of phenolic OH excluding ortho intramolecular Hbond substituents is 1. The molecule has 0 heterocycles. The molecule has 2 aromatic rings. The van der Waals surface area contributed by atoms with Gasteiger partial charge in [0, 0.05) is 10.0 Å². The number of rotatable bonds is 5. The highest BCUT2D eigenvalue weighted by Crippen LogP contribution is 2.31. The molecule has 0 aliphatic carbocycles. The van der Waals surface area contributed by atoms with E-state index < -0.39 is 0 Å². The number of ether oxygens (including phenoxy) is 1. The Hall–Kier alpha value is -1.86. The van der Waals surface area contributed by atoms with E-state index in [0.717, 1.165) is 10.0 Å². The highest BCUT2D eigenvalue weighted by molar-refractivity contribution is 9.10. The van der Waals surface area contributed by atoms with Crippen molar-refractivity contribution in [3.63, 3.8) is 0 Å². The lowest BCUT2D eigenvalue weighted by molar-refractivity contribution is -0.120. The molecule has 2 rings (SSSR count). The standard InChI is InChI=1S/C16H14Br2N2O3/c1-23-13-7-11(16(22)14(18)8-13)9-19-20-15(21)6-10-2-4-12(17)5-3-10/h2-5,7-9,22H,6H2,1H3,(H,20,21)/b19-9-. The van der Waals surface area contributed by atoms with E-state index in [1.165, 1.54) is 13.3 Å². The summed E-state index contributed by atoms with van der Waals surface area (Å²) in [6.45, 7) is 0. The SMILES string of the molecule is COc1cc(Br)c(O)c(/C=N\NC(=O)Cc2ccc(Br)cc2)c1. The van der Waals surface area contributed by atoms with Crippen LogP contribution in [-0.4, -0.2) is 24.3 Å². The molecule has 0 unspecified atom stereocenters. The number of hydrogen-bond donors (Lipinski definition) is 2. The molecule has 0 saturated heterocycles. The second kappa shape index (κ2) is 8.12. The van der Waals surface area contributed by atoms with Crippen LogP contribution >= 0.6 is 31.9 Å². The van der Waals surface area contributed by atoms with Crippen LogP contribution in [0.15, 0.2) is 50.4 Å². The quantitative estimate of drug-likeness (QED) is 0.549. The summed E-state index contributed by atoms with van der Waals surface area (Å²) in [6.07, 6.45) is 1.58. The summed E-state index contributed by atoms with van der Waals surface area (Å²) in [7, 11) is 1.53. The Bertz CT molecular complexity index is 731. The number of amides is 1. The van der Waals surface area contributed by atoms with E-state index in [9.17, 15) is 9.90 Å². The zero-order chi connectivity index (χ0) is 16.8. The number of hydrogen-bond acceptors (Lipinski definition) is 4. The third-order valence-corrected chi connectivity index (χ3v) is 4.11. The minimum absolute atomic E-state index is 0.0247. The van der Waals surface area contributed by atoms with Gasteiger partial charge in [0.1, 0.15) is 11.5 Å². The molecule has 23 heavy (non-hydrogen) atoms. The van der Waals surface area contributed by atoms with Gasteiger partial charge < -0.3 is 9.84 Å². The predicted octanol–water partition coefficient (Wildman–Crippen LogP) is 3.62. The minimum Gasteiger partial charge on any atom is -0.506 e. The summed E-state index contributed by atoms with van der Waals surface area (Å²) >= 11 is 6.57. The summed E-state index contributed by atoms with van der Waals surface area (Å²) in [6, 6.07) is 10.7. The van der Waals surface area contributed by atoms with Crippen molar-refractivity contribution >= 4 is 44.0 Å². The van der Waals surface area contributed by atoms with Crippen molar-refractivity contribution in [3.8, 4) is 11.5 Å². The molecule has 0 aliphatic heterocycles. The number of benzene rings is 2. The van der Waals surface area contributed by atoms with E-state index in [-0.39, 0.29) is 18.1 Å². The molecule has 0 aromatic heterocycles. The zero-order valence-electron chi connectivity index (χ0n) is 12.2. The first-order valence-corrected chi connectivity index (χ1v) is 8.21. The maximum Gasteiger partial charge on any atom is 0.244 e. The highest BCUT2D eigenvalue weighted by Gasteiger charge is 2.07. The van der Waals surface area contributed by atoms with Crippen molar-refractivity contribution in [1.82, 2.24) is 5.43 Å². The van der Waals surface area contributed by atoms with Gasteiger partial charge in [0.25, 0.3) is 0 Å². The van der Waals surface area contributed by atoms with Gasteiger partial charge in [-0.3, -0.25) is 4.79 Å². The van der Waals surface area contributed by atoms with Gasteiger partial charge in [-0.25, -0.2) is 5.43 Å². The molecule has 0 bridgehead atoms. The number of nitrogens with zero attached hydrogens (tertiary/aromatic N) is 1. The molecule has 0 fully saturated rings. The lowest BCUT2D eigenvalue weighted by Crippen LogP contribution is -2.19. The molecule has 0 saturated carbocycles. The minimum atomic E-state index is -0.245. The van der Waals surface area contributed by atoms with Crippen LogP contribution in [0.5, 0.6) is 11.5 Å². The van der Waals surface area contributed by atoms with Crippen LogP contribution in [-0.2, 0) is 11.2 Å². The first-order chi connectivity index (χ1) is 11.0. The van der Waals surface area contributed by atoms with E-state index in [4.69, 9.17) is 4.74 Å². The van der Waals surface area contributed by atoms with E-state index in [2.05, 4.69) is 42.4 Å². The lowest BCUT2D eigenvalue weighted by atomic mass is 10.1. The molecule has 2 aromatic carbocycles. The topological polar surface area (TPSA) is 70.9 Å². The number of nitrogens with one attached hydrogen (secondary N) is 1. The molecule has 120 valence electrons. The Morgan fingerprint density at radius 1 is 1.30 bits per heavy atom. The first kappa shape index (κ1) is 17.5. The van der Waals surface area contributed by atoms with Crippen LogP contribution in [0, 0.1) is 0 Å². The molecule has 0 aliphatic rings. The molecule has 5 nitrogen and oxygen atoms in total. The molecule has 0 atom stereocenters. The Kier molecular flexibility index (Phi) is 6.18. The molecule has 2 N–H and O–H groups in total. The Balaban J connectivity index is 2.00. The van der Waals surface area contributed by atoms with Gasteiger partial charge >= 0.3 is 0 Å². The largest absolute Gasteiger partial charge is 0.506 e. The maximum absolute atomic E-state index is 11.8. The second-order valence-corrected chi connectivity index (χ2v) is 6.41. The van der Waals surface area contributed by atoms with Crippen LogP contribution in [0.25, 0.3) is 0 Å². The van der Waals surface area contributed by atoms with Gasteiger partial charge in [-0.1, -0.05) is 28.1 Å². The van der Waals surface area contributed by atoms with Crippen molar-refractivity contribution < 1.29 is 14.6 Å². The lowest BCUT2D eigenvalue weighted by Gasteiger charge is -2.06. The second-order valence-electron chi connectivity index (χ2n) is 4.64. The van der Waals surface area contributed by atoms with E-state index in [0.29, 0.717) is 15.8 Å². The van der Waals surface area contributed by atoms with Gasteiger partial charge in [-0.05, 0) is 45.8 Å². The van der Waals surface area contributed by atoms with Crippen LogP contribution in [0.2, 0.25) is 0 Å². The summed E-state index contributed by atoms with van der Waals surface area (Å²) in [5, 5.41) is 13.8. The molecule has 0 radical (unpaired) electrons. The Morgan fingerprint density at radius 3 is 2.65 bits per heavy atom. The number of carbonyl (C=O) groups is 1. The fourth-order valence-corrected chi connectivity index (χ4v) is 2.53. The van der Waals surface area contributed by atoms with E-state index in [1.807, 2.05) is 24.3 Å². The van der Waals surface area contributed by atoms with Gasteiger partial charge in [0.15, 0.2) is 0 Å².